The van der Waals surface area contributed by atoms with Gasteiger partial charge >= 0.3 is 5.97 Å². The molecule has 0 saturated carbocycles. The average molecular weight is 381 g/mol. The van der Waals surface area contributed by atoms with Gasteiger partial charge < -0.3 is 14.6 Å². The second-order valence-electron chi connectivity index (χ2n) is 5.12. The number of nitrogens with zero attached hydrogens (tertiary/aromatic N) is 1. The zero-order valence-corrected chi connectivity index (χ0v) is 14.6. The van der Waals surface area contributed by atoms with Gasteiger partial charge in [0.25, 0.3) is 5.91 Å². The van der Waals surface area contributed by atoms with E-state index >= 15 is 0 Å². The molecule has 122 valence electrons. The summed E-state index contributed by atoms with van der Waals surface area (Å²) in [6.07, 6.45) is 0. The van der Waals surface area contributed by atoms with Gasteiger partial charge in [-0.25, -0.2) is 4.79 Å². The third-order valence-electron chi connectivity index (χ3n) is 3.32. The topological polar surface area (TPSA) is 81.4 Å². The van der Waals surface area contributed by atoms with Crippen molar-refractivity contribution in [2.75, 3.05) is 6.61 Å². The molecular formula is C16H17BrN2O4. The van der Waals surface area contributed by atoms with Crippen LogP contribution in [0.3, 0.4) is 0 Å². The number of hydrogen-bond acceptors (Lipinski definition) is 5. The molecule has 0 fully saturated rings. The molecule has 2 aromatic rings. The van der Waals surface area contributed by atoms with Gasteiger partial charge in [0, 0.05) is 4.47 Å². The first-order chi connectivity index (χ1) is 10.9. The molecule has 1 aromatic heterocycles. The summed E-state index contributed by atoms with van der Waals surface area (Å²) in [5.41, 5.74) is 1.66. The summed E-state index contributed by atoms with van der Waals surface area (Å²) in [5.74, 6) is -0.621. The van der Waals surface area contributed by atoms with Gasteiger partial charge in [-0.1, -0.05) is 33.2 Å². The van der Waals surface area contributed by atoms with E-state index in [-0.39, 0.29) is 24.1 Å². The Morgan fingerprint density at radius 1 is 1.30 bits per heavy atom. The van der Waals surface area contributed by atoms with Gasteiger partial charge in [-0.3, -0.25) is 4.79 Å². The first-order valence-electron chi connectivity index (χ1n) is 7.03. The van der Waals surface area contributed by atoms with E-state index in [0.717, 1.165) is 10.0 Å². The quantitative estimate of drug-likeness (QED) is 0.805. The zero-order chi connectivity index (χ0) is 17.0. The maximum Gasteiger partial charge on any atom is 0.344 e. The van der Waals surface area contributed by atoms with Crippen LogP contribution in [0.1, 0.15) is 40.3 Å². The van der Waals surface area contributed by atoms with E-state index in [1.807, 2.05) is 31.2 Å². The first-order valence-corrected chi connectivity index (χ1v) is 7.82. The Hall–Kier alpha value is -2.15. The molecule has 0 spiro atoms. The van der Waals surface area contributed by atoms with Crippen molar-refractivity contribution in [2.45, 2.75) is 26.8 Å². The highest BCUT2D eigenvalue weighted by Gasteiger charge is 2.20. The second kappa shape index (κ2) is 7.41. The Morgan fingerprint density at radius 3 is 2.52 bits per heavy atom. The van der Waals surface area contributed by atoms with Gasteiger partial charge in [0.15, 0.2) is 6.61 Å². The minimum Gasteiger partial charge on any atom is -0.452 e. The van der Waals surface area contributed by atoms with Crippen LogP contribution in [-0.4, -0.2) is 23.6 Å². The van der Waals surface area contributed by atoms with E-state index < -0.39 is 5.97 Å². The van der Waals surface area contributed by atoms with E-state index in [9.17, 15) is 9.59 Å². The highest BCUT2D eigenvalue weighted by molar-refractivity contribution is 9.10. The largest absolute Gasteiger partial charge is 0.452 e. The molecule has 0 saturated heterocycles. The standard InChI is InChI=1S/C16H17BrN2O4/c1-9(12-4-6-13(17)7-5-12)18-14(20)8-22-16(21)15-10(2)19-23-11(15)3/h4-7,9H,8H2,1-3H3,(H,18,20)/t9-/m1/s1. The number of hydrogen-bond donors (Lipinski definition) is 1. The lowest BCUT2D eigenvalue weighted by atomic mass is 10.1. The average Bonchev–Trinajstić information content (AvgIpc) is 2.84. The molecule has 1 amide bonds. The van der Waals surface area contributed by atoms with E-state index in [2.05, 4.69) is 26.4 Å². The van der Waals surface area contributed by atoms with Crippen LogP contribution < -0.4 is 5.32 Å². The Kier molecular flexibility index (Phi) is 5.54. The number of aromatic nitrogens is 1. The molecule has 1 N–H and O–H groups in total. The fourth-order valence-corrected chi connectivity index (χ4v) is 2.36. The lowest BCUT2D eigenvalue weighted by molar-refractivity contribution is -0.124. The summed E-state index contributed by atoms with van der Waals surface area (Å²) in [7, 11) is 0. The van der Waals surface area contributed by atoms with Crippen LogP contribution in [0, 0.1) is 13.8 Å². The van der Waals surface area contributed by atoms with E-state index in [4.69, 9.17) is 9.26 Å². The molecule has 1 aromatic carbocycles. The van der Waals surface area contributed by atoms with Gasteiger partial charge in [-0.15, -0.1) is 0 Å². The van der Waals surface area contributed by atoms with Gasteiger partial charge in [0.2, 0.25) is 0 Å². The summed E-state index contributed by atoms with van der Waals surface area (Å²) >= 11 is 3.36. The second-order valence-corrected chi connectivity index (χ2v) is 6.03. The predicted molar refractivity (Wildman–Crippen MR) is 87.0 cm³/mol. The van der Waals surface area contributed by atoms with Crippen molar-refractivity contribution in [2.24, 2.45) is 0 Å². The summed E-state index contributed by atoms with van der Waals surface area (Å²) in [6, 6.07) is 7.43. The molecule has 2 rings (SSSR count). The molecule has 7 heteroatoms. The molecule has 23 heavy (non-hydrogen) atoms. The number of nitrogens with one attached hydrogen (secondary N) is 1. The van der Waals surface area contributed by atoms with Crippen molar-refractivity contribution in [1.82, 2.24) is 10.5 Å². The van der Waals surface area contributed by atoms with Gasteiger partial charge in [-0.05, 0) is 38.5 Å². The van der Waals surface area contributed by atoms with Crippen LogP contribution in [0.5, 0.6) is 0 Å². The van der Waals surface area contributed by atoms with Crippen molar-refractivity contribution >= 4 is 27.8 Å². The first kappa shape index (κ1) is 17.2. The molecule has 0 unspecified atom stereocenters. The Bertz CT molecular complexity index is 690. The third kappa shape index (κ3) is 4.41. The van der Waals surface area contributed by atoms with Crippen LogP contribution in [0.4, 0.5) is 0 Å². The molecule has 0 radical (unpaired) electrons. The number of aryl methyl sites for hydroxylation is 2. The van der Waals surface area contributed by atoms with E-state index in [1.54, 1.807) is 13.8 Å². The maximum absolute atomic E-state index is 11.9. The van der Waals surface area contributed by atoms with Crippen molar-refractivity contribution in [3.63, 3.8) is 0 Å². The minimum absolute atomic E-state index is 0.187. The Balaban J connectivity index is 1.87. The van der Waals surface area contributed by atoms with E-state index in [0.29, 0.717) is 11.5 Å². The maximum atomic E-state index is 11.9. The van der Waals surface area contributed by atoms with Crippen LogP contribution in [0.15, 0.2) is 33.3 Å². The number of amides is 1. The number of halogens is 1. The monoisotopic (exact) mass is 380 g/mol. The summed E-state index contributed by atoms with van der Waals surface area (Å²) in [4.78, 5) is 23.8. The molecule has 0 aliphatic heterocycles. The fourth-order valence-electron chi connectivity index (χ4n) is 2.10. The summed E-state index contributed by atoms with van der Waals surface area (Å²) in [5, 5.41) is 6.45. The number of rotatable bonds is 5. The summed E-state index contributed by atoms with van der Waals surface area (Å²) < 4.78 is 10.9. The highest BCUT2D eigenvalue weighted by Crippen LogP contribution is 2.16. The normalized spacial score (nSPS) is 11.8. The molecular weight excluding hydrogens is 364 g/mol. The molecule has 1 atom stereocenters. The SMILES string of the molecule is Cc1noc(C)c1C(=O)OCC(=O)N[C@H](C)c1ccc(Br)cc1. The van der Waals surface area contributed by atoms with Gasteiger partial charge in [-0.2, -0.15) is 0 Å². The molecule has 0 bridgehead atoms. The minimum atomic E-state index is -0.618. The highest BCUT2D eigenvalue weighted by atomic mass is 79.9. The van der Waals surface area contributed by atoms with Gasteiger partial charge in [0.05, 0.1) is 11.7 Å². The van der Waals surface area contributed by atoms with Crippen molar-refractivity contribution in [3.05, 3.63) is 51.3 Å². The van der Waals surface area contributed by atoms with E-state index in [1.165, 1.54) is 0 Å². The van der Waals surface area contributed by atoms with Crippen LogP contribution >= 0.6 is 15.9 Å². The third-order valence-corrected chi connectivity index (χ3v) is 3.85. The molecule has 6 nitrogen and oxygen atoms in total. The summed E-state index contributed by atoms with van der Waals surface area (Å²) in [6.45, 7) is 4.76. The Morgan fingerprint density at radius 2 is 1.96 bits per heavy atom. The number of benzene rings is 1. The van der Waals surface area contributed by atoms with Crippen molar-refractivity contribution < 1.29 is 18.8 Å². The van der Waals surface area contributed by atoms with Crippen LogP contribution in [0.2, 0.25) is 0 Å². The number of carbonyl (C=O) groups excluding carboxylic acids is 2. The fraction of sp³-hybridized carbons (Fsp3) is 0.312. The van der Waals surface area contributed by atoms with Crippen LogP contribution in [0.25, 0.3) is 0 Å². The number of esters is 1. The van der Waals surface area contributed by atoms with Gasteiger partial charge in [0.1, 0.15) is 11.3 Å². The number of carbonyl (C=O) groups is 2. The molecule has 1 heterocycles. The molecule has 0 aliphatic carbocycles. The Labute approximate surface area is 142 Å². The smallest absolute Gasteiger partial charge is 0.344 e. The predicted octanol–water partition coefficient (Wildman–Crippen LogP) is 3.09. The number of ether oxygens (including phenoxy) is 1. The zero-order valence-electron chi connectivity index (χ0n) is 13.1. The lowest BCUT2D eigenvalue weighted by Gasteiger charge is -2.14. The van der Waals surface area contributed by atoms with Crippen LogP contribution in [-0.2, 0) is 9.53 Å². The van der Waals surface area contributed by atoms with Crippen molar-refractivity contribution in [1.29, 1.82) is 0 Å². The molecule has 0 aliphatic rings. The lowest BCUT2D eigenvalue weighted by Crippen LogP contribution is -2.31. The van der Waals surface area contributed by atoms with Crippen molar-refractivity contribution in [3.8, 4) is 0 Å².